The maximum Gasteiger partial charge on any atom is 0.327 e. The molecule has 5 aromatic rings. The molecule has 1 amide bonds. The predicted octanol–water partition coefficient (Wildman–Crippen LogP) is 3.15. The van der Waals surface area contributed by atoms with Crippen molar-refractivity contribution < 1.29 is 14.1 Å². The molecule has 0 bridgehead atoms. The highest BCUT2D eigenvalue weighted by molar-refractivity contribution is 6.02. The molecule has 0 spiro atoms. The summed E-state index contributed by atoms with van der Waals surface area (Å²) in [4.78, 5) is 38.6. The Bertz CT molecular complexity index is 1650. The van der Waals surface area contributed by atoms with E-state index in [9.17, 15) is 9.59 Å². The highest BCUT2D eigenvalue weighted by Gasteiger charge is 2.42. The van der Waals surface area contributed by atoms with Gasteiger partial charge in [0, 0.05) is 30.6 Å². The molecule has 0 saturated heterocycles. The van der Waals surface area contributed by atoms with Crippen LogP contribution in [0.25, 0.3) is 33.4 Å². The molecule has 0 aliphatic carbocycles. The minimum atomic E-state index is -1.05. The van der Waals surface area contributed by atoms with Crippen molar-refractivity contribution >= 4 is 16.9 Å². The van der Waals surface area contributed by atoms with E-state index in [2.05, 4.69) is 25.4 Å². The number of ether oxygens (including phenoxy) is 1. The minimum Gasteiger partial charge on any atom is -0.475 e. The van der Waals surface area contributed by atoms with Crippen LogP contribution in [0.4, 0.5) is 0 Å². The van der Waals surface area contributed by atoms with Gasteiger partial charge in [-0.3, -0.25) is 19.3 Å². The van der Waals surface area contributed by atoms with Gasteiger partial charge in [0.05, 0.1) is 28.2 Å². The Morgan fingerprint density at radius 1 is 1.08 bits per heavy atom. The lowest BCUT2D eigenvalue weighted by Crippen LogP contribution is -2.47. The van der Waals surface area contributed by atoms with E-state index in [4.69, 9.17) is 9.26 Å². The quantitative estimate of drug-likeness (QED) is 0.403. The summed E-state index contributed by atoms with van der Waals surface area (Å²) in [7, 11) is 1.53. The molecule has 2 atom stereocenters. The molecule has 0 fully saturated rings. The summed E-state index contributed by atoms with van der Waals surface area (Å²) in [5, 5.41) is 6.78. The number of nitrogens with one attached hydrogen (secondary N) is 2. The lowest BCUT2D eigenvalue weighted by Gasteiger charge is -2.33. The molecule has 10 nitrogen and oxygen atoms in total. The summed E-state index contributed by atoms with van der Waals surface area (Å²) in [5.41, 5.74) is 4.65. The van der Waals surface area contributed by atoms with Crippen molar-refractivity contribution in [3.05, 3.63) is 82.5 Å². The number of nitrogens with zero attached hydrogens (tertiary/aromatic N) is 4. The highest BCUT2D eigenvalue weighted by Crippen LogP contribution is 2.47. The van der Waals surface area contributed by atoms with E-state index in [1.54, 1.807) is 29.1 Å². The Balaban J connectivity index is 1.76. The average molecular weight is 483 g/mol. The first-order valence-corrected chi connectivity index (χ1v) is 11.4. The number of aromatic amines is 1. The van der Waals surface area contributed by atoms with Crippen LogP contribution in [0.1, 0.15) is 23.2 Å². The van der Waals surface area contributed by atoms with Gasteiger partial charge in [0.2, 0.25) is 6.10 Å². The molecule has 10 heteroatoms. The van der Waals surface area contributed by atoms with Crippen molar-refractivity contribution in [3.8, 4) is 28.1 Å². The number of rotatable bonds is 4. The van der Waals surface area contributed by atoms with Crippen LogP contribution in [0.5, 0.6) is 5.75 Å². The number of imidazole rings is 1. The standard InChI is InChI=1S/C26H22N6O4/c1-13-19(14(2)36-31-13)16-12-15(17-8-4-6-10-28-17)20-22-23(16)35-24(25(33)27-3)21(32(22)26(34)30-20)18-9-5-7-11-29-18/h4-12,21,24H,1-3H3,(H,27,33)(H,30,34). The Labute approximate surface area is 204 Å². The number of amides is 1. The van der Waals surface area contributed by atoms with E-state index < -0.39 is 12.1 Å². The fourth-order valence-electron chi connectivity index (χ4n) is 4.94. The first-order valence-electron chi connectivity index (χ1n) is 11.4. The van der Waals surface area contributed by atoms with Crippen LogP contribution in [0.15, 0.2) is 64.2 Å². The zero-order chi connectivity index (χ0) is 25.0. The zero-order valence-electron chi connectivity index (χ0n) is 19.8. The van der Waals surface area contributed by atoms with E-state index in [-0.39, 0.29) is 11.6 Å². The number of aryl methyl sites for hydroxylation is 2. The van der Waals surface area contributed by atoms with Crippen molar-refractivity contribution in [2.24, 2.45) is 0 Å². The highest BCUT2D eigenvalue weighted by atomic mass is 16.5. The van der Waals surface area contributed by atoms with Crippen molar-refractivity contribution in [2.75, 3.05) is 7.05 Å². The van der Waals surface area contributed by atoms with Crippen LogP contribution >= 0.6 is 0 Å². The second-order valence-corrected chi connectivity index (χ2v) is 8.59. The van der Waals surface area contributed by atoms with Crippen LogP contribution in [0.3, 0.4) is 0 Å². The van der Waals surface area contributed by atoms with Crippen molar-refractivity contribution in [2.45, 2.75) is 26.0 Å². The average Bonchev–Trinajstić information content (AvgIpc) is 3.43. The van der Waals surface area contributed by atoms with E-state index >= 15 is 0 Å². The van der Waals surface area contributed by atoms with Crippen molar-refractivity contribution in [3.63, 3.8) is 0 Å². The second-order valence-electron chi connectivity index (χ2n) is 8.59. The van der Waals surface area contributed by atoms with Gasteiger partial charge in [-0.2, -0.15) is 0 Å². The number of pyridine rings is 2. The van der Waals surface area contributed by atoms with E-state index in [0.29, 0.717) is 50.8 Å². The Hall–Kier alpha value is -4.73. The van der Waals surface area contributed by atoms with Crippen LogP contribution in [0, 0.1) is 13.8 Å². The van der Waals surface area contributed by atoms with Gasteiger partial charge in [-0.15, -0.1) is 0 Å². The molecule has 180 valence electrons. The lowest BCUT2D eigenvalue weighted by atomic mass is 9.95. The summed E-state index contributed by atoms with van der Waals surface area (Å²) in [5.74, 6) is 0.598. The van der Waals surface area contributed by atoms with Gasteiger partial charge in [-0.25, -0.2) is 4.79 Å². The molecule has 4 aromatic heterocycles. The summed E-state index contributed by atoms with van der Waals surface area (Å²) >= 11 is 0. The third kappa shape index (κ3) is 3.14. The molecule has 2 N–H and O–H groups in total. The van der Waals surface area contributed by atoms with Crippen LogP contribution in [0.2, 0.25) is 0 Å². The van der Waals surface area contributed by atoms with Gasteiger partial charge in [-0.05, 0) is 44.2 Å². The van der Waals surface area contributed by atoms with Crippen molar-refractivity contribution in [1.29, 1.82) is 0 Å². The zero-order valence-corrected chi connectivity index (χ0v) is 19.8. The number of carbonyl (C=O) groups is 1. The fourth-order valence-corrected chi connectivity index (χ4v) is 4.94. The van der Waals surface area contributed by atoms with Gasteiger partial charge >= 0.3 is 5.69 Å². The van der Waals surface area contributed by atoms with Crippen molar-refractivity contribution in [1.82, 2.24) is 30.0 Å². The molecule has 1 aliphatic rings. The molecule has 36 heavy (non-hydrogen) atoms. The molecule has 1 aromatic carbocycles. The molecular formula is C26H22N6O4. The fraction of sp³-hybridized carbons (Fsp3) is 0.192. The molecule has 1 aliphatic heterocycles. The van der Waals surface area contributed by atoms with E-state index in [1.807, 2.05) is 44.2 Å². The van der Waals surface area contributed by atoms with Gasteiger partial charge in [-0.1, -0.05) is 17.3 Å². The van der Waals surface area contributed by atoms with E-state index in [0.717, 1.165) is 5.56 Å². The third-order valence-electron chi connectivity index (χ3n) is 6.50. The summed E-state index contributed by atoms with van der Waals surface area (Å²) in [6, 6.07) is 12.1. The normalized spacial score (nSPS) is 16.6. The van der Waals surface area contributed by atoms with Crippen LogP contribution in [-0.4, -0.2) is 43.7 Å². The number of carbonyl (C=O) groups excluding carboxylic acids is 1. The topological polar surface area (TPSA) is 128 Å². The summed E-state index contributed by atoms with van der Waals surface area (Å²) in [6.07, 6.45) is 2.27. The van der Waals surface area contributed by atoms with Gasteiger partial charge in [0.15, 0.2) is 5.75 Å². The Morgan fingerprint density at radius 3 is 2.50 bits per heavy atom. The molecule has 0 radical (unpaired) electrons. The largest absolute Gasteiger partial charge is 0.475 e. The number of likely N-dealkylation sites (N-methyl/N-ethyl adjacent to an activating group) is 1. The first kappa shape index (κ1) is 21.8. The SMILES string of the molecule is CNC(=O)C1Oc2c(-c3c(C)noc3C)cc(-c3ccccn3)c3[nH]c(=O)n(c23)C1c1ccccn1. The Kier molecular flexibility index (Phi) is 4.96. The monoisotopic (exact) mass is 482 g/mol. The molecule has 5 heterocycles. The first-order chi connectivity index (χ1) is 17.5. The number of benzene rings is 1. The third-order valence-corrected chi connectivity index (χ3v) is 6.50. The van der Waals surface area contributed by atoms with Gasteiger partial charge in [0.25, 0.3) is 5.91 Å². The van der Waals surface area contributed by atoms with Gasteiger partial charge < -0.3 is 19.6 Å². The Morgan fingerprint density at radius 2 is 1.86 bits per heavy atom. The minimum absolute atomic E-state index is 0.379. The van der Waals surface area contributed by atoms with E-state index in [1.165, 1.54) is 7.05 Å². The van der Waals surface area contributed by atoms with Gasteiger partial charge in [0.1, 0.15) is 17.3 Å². The summed E-state index contributed by atoms with van der Waals surface area (Å²) in [6.45, 7) is 3.65. The maximum absolute atomic E-state index is 13.6. The van der Waals surface area contributed by atoms with Crippen LogP contribution in [-0.2, 0) is 4.79 Å². The maximum atomic E-state index is 13.6. The number of aromatic nitrogens is 5. The number of H-pyrrole nitrogens is 1. The molecule has 0 saturated carbocycles. The predicted molar refractivity (Wildman–Crippen MR) is 132 cm³/mol. The lowest BCUT2D eigenvalue weighted by molar-refractivity contribution is -0.129. The summed E-state index contributed by atoms with van der Waals surface area (Å²) < 4.78 is 13.5. The second kappa shape index (κ2) is 8.19. The molecule has 6 rings (SSSR count). The molecule has 2 unspecified atom stereocenters. The number of hydrogen-bond acceptors (Lipinski definition) is 7. The smallest absolute Gasteiger partial charge is 0.327 e. The van der Waals surface area contributed by atoms with Crippen LogP contribution < -0.4 is 15.7 Å². The molecular weight excluding hydrogens is 460 g/mol. The number of hydrogen-bond donors (Lipinski definition) is 2.